The molecule has 0 aliphatic rings. The average Bonchev–Trinajstić information content (AvgIpc) is 3.16. The van der Waals surface area contributed by atoms with Crippen LogP contribution in [0.4, 0.5) is 5.69 Å². The van der Waals surface area contributed by atoms with Crippen molar-refractivity contribution in [3.8, 4) is 17.3 Å². The molecule has 0 bridgehead atoms. The number of rotatable bonds is 4. The molecule has 3 aromatic carbocycles. The van der Waals surface area contributed by atoms with Crippen LogP contribution in [-0.2, 0) is 4.79 Å². The number of hydrogen-bond acceptors (Lipinski definition) is 5. The Hall–Kier alpha value is -4.59. The SMILES string of the molecule is Cc1ccc2[nH]c(O)c(N=NC(=O)[C@@H](C)n3c(-c4ccccc4)nc4ccccc4c3=O)c2c1. The van der Waals surface area contributed by atoms with E-state index in [1.165, 1.54) is 4.57 Å². The first kappa shape index (κ1) is 21.3. The highest BCUT2D eigenvalue weighted by atomic mass is 16.3. The van der Waals surface area contributed by atoms with E-state index in [-0.39, 0.29) is 17.1 Å². The van der Waals surface area contributed by atoms with E-state index in [0.717, 1.165) is 5.56 Å². The molecule has 1 atom stereocenters. The number of carbonyl (C=O) groups is 1. The summed E-state index contributed by atoms with van der Waals surface area (Å²) in [5.74, 6) is -0.456. The fourth-order valence-corrected chi connectivity index (χ4v) is 3.97. The highest BCUT2D eigenvalue weighted by Gasteiger charge is 2.23. The molecule has 5 rings (SSSR count). The van der Waals surface area contributed by atoms with Crippen LogP contribution in [0.15, 0.2) is 87.8 Å². The van der Waals surface area contributed by atoms with Crippen molar-refractivity contribution in [1.82, 2.24) is 14.5 Å². The van der Waals surface area contributed by atoms with Gasteiger partial charge in [-0.05, 0) is 38.1 Å². The highest BCUT2D eigenvalue weighted by molar-refractivity contribution is 5.95. The molecule has 34 heavy (non-hydrogen) atoms. The Bertz CT molecular complexity index is 1630. The number of aryl methyl sites for hydroxylation is 1. The maximum Gasteiger partial charge on any atom is 0.287 e. The first-order chi connectivity index (χ1) is 16.4. The second-order valence-corrected chi connectivity index (χ2v) is 8.08. The summed E-state index contributed by atoms with van der Waals surface area (Å²) in [4.78, 5) is 34.0. The monoisotopic (exact) mass is 451 g/mol. The van der Waals surface area contributed by atoms with Crippen LogP contribution in [0.1, 0.15) is 18.5 Å². The second kappa shape index (κ2) is 8.40. The molecule has 0 spiro atoms. The molecule has 0 unspecified atom stereocenters. The summed E-state index contributed by atoms with van der Waals surface area (Å²) in [6.07, 6.45) is 0. The van der Waals surface area contributed by atoms with Crippen molar-refractivity contribution in [2.24, 2.45) is 10.2 Å². The summed E-state index contributed by atoms with van der Waals surface area (Å²) in [7, 11) is 0. The molecule has 0 aliphatic carbocycles. The van der Waals surface area contributed by atoms with Crippen molar-refractivity contribution in [3.63, 3.8) is 0 Å². The van der Waals surface area contributed by atoms with Crippen LogP contribution >= 0.6 is 0 Å². The number of aromatic amines is 1. The Balaban J connectivity index is 1.60. The molecule has 0 aliphatic heterocycles. The lowest BCUT2D eigenvalue weighted by atomic mass is 10.1. The zero-order valence-electron chi connectivity index (χ0n) is 18.6. The average molecular weight is 451 g/mol. The van der Waals surface area contributed by atoms with Crippen LogP contribution in [0, 0.1) is 6.92 Å². The Morgan fingerprint density at radius 2 is 1.76 bits per heavy atom. The number of para-hydroxylation sites is 1. The van der Waals surface area contributed by atoms with E-state index in [0.29, 0.717) is 33.2 Å². The van der Waals surface area contributed by atoms with Gasteiger partial charge in [-0.25, -0.2) is 4.98 Å². The summed E-state index contributed by atoms with van der Waals surface area (Å²) in [5, 5.41) is 19.2. The van der Waals surface area contributed by atoms with Gasteiger partial charge in [-0.1, -0.05) is 54.1 Å². The lowest BCUT2D eigenvalue weighted by molar-refractivity contribution is -0.121. The molecular weight excluding hydrogens is 430 g/mol. The third-order valence-electron chi connectivity index (χ3n) is 5.74. The number of amides is 1. The molecule has 0 radical (unpaired) electrons. The normalized spacial score (nSPS) is 12.5. The van der Waals surface area contributed by atoms with Crippen molar-refractivity contribution >= 4 is 33.4 Å². The standard InChI is InChI=1S/C26H21N5O3/c1-15-12-13-21-19(14-15)22(25(33)28-21)29-30-24(32)16(2)31-23(17-8-4-3-5-9-17)27-20-11-7-6-10-18(20)26(31)34/h3-14,16,28,33H,1-2H3/t16-/m1/s1. The Morgan fingerprint density at radius 3 is 2.56 bits per heavy atom. The second-order valence-electron chi connectivity index (χ2n) is 8.08. The third-order valence-corrected chi connectivity index (χ3v) is 5.74. The van der Waals surface area contributed by atoms with E-state index >= 15 is 0 Å². The van der Waals surface area contributed by atoms with Crippen LogP contribution in [0.25, 0.3) is 33.2 Å². The van der Waals surface area contributed by atoms with Crippen LogP contribution in [-0.4, -0.2) is 25.5 Å². The zero-order valence-corrected chi connectivity index (χ0v) is 18.6. The van der Waals surface area contributed by atoms with E-state index < -0.39 is 11.9 Å². The van der Waals surface area contributed by atoms with E-state index in [1.54, 1.807) is 25.1 Å². The molecule has 0 fully saturated rings. The molecule has 5 aromatic rings. The Labute approximate surface area is 194 Å². The molecule has 1 amide bonds. The fourth-order valence-electron chi connectivity index (χ4n) is 3.97. The number of aromatic hydroxyl groups is 1. The summed E-state index contributed by atoms with van der Waals surface area (Å²) in [6.45, 7) is 3.51. The van der Waals surface area contributed by atoms with E-state index in [4.69, 9.17) is 0 Å². The lowest BCUT2D eigenvalue weighted by Gasteiger charge is -2.17. The number of benzene rings is 3. The number of nitrogens with one attached hydrogen (secondary N) is 1. The molecule has 0 saturated carbocycles. The minimum Gasteiger partial charge on any atom is -0.493 e. The number of fused-ring (bicyclic) bond motifs is 2. The summed E-state index contributed by atoms with van der Waals surface area (Å²) >= 11 is 0. The quantitative estimate of drug-likeness (QED) is 0.355. The predicted octanol–water partition coefficient (Wildman–Crippen LogP) is 5.43. The van der Waals surface area contributed by atoms with Gasteiger partial charge >= 0.3 is 0 Å². The molecule has 2 heterocycles. The number of hydrogen-bond donors (Lipinski definition) is 2. The Kier molecular flexibility index (Phi) is 5.25. The largest absolute Gasteiger partial charge is 0.493 e. The number of H-pyrrole nitrogens is 1. The van der Waals surface area contributed by atoms with Gasteiger partial charge in [-0.2, -0.15) is 0 Å². The third kappa shape index (κ3) is 3.65. The summed E-state index contributed by atoms with van der Waals surface area (Å²) < 4.78 is 1.35. The van der Waals surface area contributed by atoms with Gasteiger partial charge in [0.05, 0.1) is 16.4 Å². The number of aromatic nitrogens is 3. The number of nitrogens with zero attached hydrogens (tertiary/aromatic N) is 4. The van der Waals surface area contributed by atoms with Crippen molar-refractivity contribution in [3.05, 3.63) is 88.7 Å². The first-order valence-electron chi connectivity index (χ1n) is 10.8. The molecule has 2 aromatic heterocycles. The molecule has 168 valence electrons. The van der Waals surface area contributed by atoms with Gasteiger partial charge in [0.2, 0.25) is 5.88 Å². The van der Waals surface area contributed by atoms with Gasteiger partial charge < -0.3 is 10.1 Å². The number of carbonyl (C=O) groups excluding carboxylic acids is 1. The molecule has 0 saturated heterocycles. The number of azo groups is 1. The van der Waals surface area contributed by atoms with Crippen LogP contribution < -0.4 is 5.56 Å². The minimum atomic E-state index is -0.974. The molecule has 2 N–H and O–H groups in total. The topological polar surface area (TPSA) is 113 Å². The summed E-state index contributed by atoms with van der Waals surface area (Å²) in [6, 6.07) is 20.8. The maximum absolute atomic E-state index is 13.4. The van der Waals surface area contributed by atoms with Crippen LogP contribution in [0.2, 0.25) is 0 Å². The van der Waals surface area contributed by atoms with E-state index in [2.05, 4.69) is 20.2 Å². The van der Waals surface area contributed by atoms with Crippen molar-refractivity contribution in [1.29, 1.82) is 0 Å². The lowest BCUT2D eigenvalue weighted by Crippen LogP contribution is -2.30. The summed E-state index contributed by atoms with van der Waals surface area (Å²) in [5.41, 5.74) is 2.73. The fraction of sp³-hybridized carbons (Fsp3) is 0.115. The van der Waals surface area contributed by atoms with Gasteiger partial charge in [0, 0.05) is 10.9 Å². The van der Waals surface area contributed by atoms with E-state index in [9.17, 15) is 14.7 Å². The van der Waals surface area contributed by atoms with Gasteiger partial charge in [0.25, 0.3) is 11.5 Å². The van der Waals surface area contributed by atoms with Gasteiger partial charge in [0.15, 0.2) is 5.69 Å². The first-order valence-corrected chi connectivity index (χ1v) is 10.8. The van der Waals surface area contributed by atoms with Crippen molar-refractivity contribution in [2.45, 2.75) is 19.9 Å². The van der Waals surface area contributed by atoms with E-state index in [1.807, 2.05) is 61.5 Å². The van der Waals surface area contributed by atoms with Crippen LogP contribution in [0.3, 0.4) is 0 Å². The highest BCUT2D eigenvalue weighted by Crippen LogP contribution is 2.36. The molecular formula is C26H21N5O3. The smallest absolute Gasteiger partial charge is 0.287 e. The zero-order chi connectivity index (χ0) is 23.8. The maximum atomic E-state index is 13.4. The minimum absolute atomic E-state index is 0.173. The molecule has 8 nitrogen and oxygen atoms in total. The van der Waals surface area contributed by atoms with Crippen LogP contribution in [0.5, 0.6) is 5.88 Å². The van der Waals surface area contributed by atoms with Crippen molar-refractivity contribution in [2.75, 3.05) is 0 Å². The van der Waals surface area contributed by atoms with Gasteiger partial charge in [-0.15, -0.1) is 10.2 Å². The van der Waals surface area contributed by atoms with Crippen molar-refractivity contribution < 1.29 is 9.90 Å². The molecule has 8 heteroatoms. The van der Waals surface area contributed by atoms with Gasteiger partial charge in [-0.3, -0.25) is 14.2 Å². The van der Waals surface area contributed by atoms with Gasteiger partial charge in [0.1, 0.15) is 11.9 Å². The predicted molar refractivity (Wildman–Crippen MR) is 130 cm³/mol. The Morgan fingerprint density at radius 1 is 1.03 bits per heavy atom.